The molecule has 4 rings (SSSR count). The maximum Gasteiger partial charge on any atom is 0.331 e. The molecule has 1 spiro atoms. The number of hydrogen-bond acceptors (Lipinski definition) is 7. The topological polar surface area (TPSA) is 107 Å². The number of cyclic esters (lactones) is 1. The van der Waals surface area contributed by atoms with Gasteiger partial charge in [-0.25, -0.2) is 4.79 Å². The number of methoxy groups -OCH3 is 1. The summed E-state index contributed by atoms with van der Waals surface area (Å²) in [4.78, 5) is 52.9. The molecule has 4 aliphatic rings. The summed E-state index contributed by atoms with van der Waals surface area (Å²) in [5.41, 5.74) is -7.42. The lowest BCUT2D eigenvalue weighted by molar-refractivity contribution is -0.187. The van der Waals surface area contributed by atoms with Gasteiger partial charge in [0.2, 0.25) is 0 Å². The molecule has 7 nitrogen and oxygen atoms in total. The predicted molar refractivity (Wildman–Crippen MR) is 119 cm³/mol. The van der Waals surface area contributed by atoms with Gasteiger partial charge in [-0.05, 0) is 52.0 Å². The fourth-order valence-electron chi connectivity index (χ4n) is 7.39. The summed E-state index contributed by atoms with van der Waals surface area (Å²) < 4.78 is 10.9. The molecule has 2 bridgehead atoms. The van der Waals surface area contributed by atoms with Crippen molar-refractivity contribution in [2.24, 2.45) is 27.6 Å². The number of Topliss-reactive ketones (excluding diaryl/α,β-unsaturated/α-hetero) is 2. The second-order valence-corrected chi connectivity index (χ2v) is 11.1. The van der Waals surface area contributed by atoms with E-state index in [0.717, 1.165) is 12.5 Å². The summed E-state index contributed by atoms with van der Waals surface area (Å²) in [7, 11) is 1.20. The molecule has 1 N–H and O–H groups in total. The van der Waals surface area contributed by atoms with Gasteiger partial charge in [-0.15, -0.1) is 0 Å². The van der Waals surface area contributed by atoms with Gasteiger partial charge in [0.05, 0.1) is 12.5 Å². The Morgan fingerprint density at radius 2 is 1.73 bits per heavy atom. The standard InChI is InChI=1S/C26H32O7/c1-14-16-13-22(5)15(2)26(20(30)32-8,19(29)24(7,31)18(22)28)23(16,6)11-12-25(14)10-9-17(27)33-21(25,3)4/h9-10,13-14,31H,2,11-12H2,1,3-8H3/t14?,22-,23+,24+,25+,26+/m1/s1. The van der Waals surface area contributed by atoms with Crippen molar-refractivity contribution < 1.29 is 33.8 Å². The Morgan fingerprint density at radius 1 is 1.12 bits per heavy atom. The van der Waals surface area contributed by atoms with Gasteiger partial charge < -0.3 is 14.6 Å². The maximum absolute atomic E-state index is 13.9. The molecule has 1 unspecified atom stereocenters. The summed E-state index contributed by atoms with van der Waals surface area (Å²) in [6.45, 7) is 14.4. The molecule has 0 amide bonds. The summed E-state index contributed by atoms with van der Waals surface area (Å²) >= 11 is 0. The van der Waals surface area contributed by atoms with Crippen LogP contribution in [0.2, 0.25) is 0 Å². The maximum atomic E-state index is 13.9. The van der Waals surface area contributed by atoms with E-state index in [1.807, 2.05) is 33.8 Å². The Hall–Kier alpha value is -2.54. The first-order chi connectivity index (χ1) is 15.0. The molecule has 178 valence electrons. The van der Waals surface area contributed by atoms with Crippen molar-refractivity contribution in [2.75, 3.05) is 7.11 Å². The molecule has 33 heavy (non-hydrogen) atoms. The smallest absolute Gasteiger partial charge is 0.331 e. The minimum absolute atomic E-state index is 0.141. The summed E-state index contributed by atoms with van der Waals surface area (Å²) in [6.07, 6.45) is 5.94. The molecule has 3 aliphatic carbocycles. The van der Waals surface area contributed by atoms with Crippen LogP contribution in [0, 0.1) is 27.6 Å². The van der Waals surface area contributed by atoms with Crippen molar-refractivity contribution in [1.82, 2.24) is 0 Å². The predicted octanol–water partition coefficient (Wildman–Crippen LogP) is 2.87. The van der Waals surface area contributed by atoms with Crippen LogP contribution in [0.3, 0.4) is 0 Å². The molecular formula is C26H32O7. The number of allylic oxidation sites excluding steroid dienone is 2. The number of ether oxygens (including phenoxy) is 2. The molecule has 0 aromatic rings. The quantitative estimate of drug-likeness (QED) is 0.367. The van der Waals surface area contributed by atoms with Crippen molar-refractivity contribution >= 4 is 23.5 Å². The molecule has 2 saturated carbocycles. The third-order valence-electron chi connectivity index (χ3n) is 9.45. The fraction of sp³-hybridized carbons (Fsp3) is 0.615. The van der Waals surface area contributed by atoms with Gasteiger partial charge in [-0.1, -0.05) is 38.2 Å². The van der Waals surface area contributed by atoms with Gasteiger partial charge in [0.1, 0.15) is 5.60 Å². The lowest BCUT2D eigenvalue weighted by atomic mass is 9.36. The third kappa shape index (κ3) is 2.29. The van der Waals surface area contributed by atoms with Crippen LogP contribution in [-0.2, 0) is 28.7 Å². The number of ketones is 2. The minimum Gasteiger partial charge on any atom is -0.468 e. The van der Waals surface area contributed by atoms with Gasteiger partial charge in [0.15, 0.2) is 22.6 Å². The van der Waals surface area contributed by atoms with Crippen molar-refractivity contribution in [1.29, 1.82) is 0 Å². The monoisotopic (exact) mass is 456 g/mol. The average Bonchev–Trinajstić information content (AvgIpc) is 2.73. The van der Waals surface area contributed by atoms with E-state index < -0.39 is 56.4 Å². The minimum atomic E-state index is -2.37. The van der Waals surface area contributed by atoms with E-state index in [2.05, 4.69) is 6.58 Å². The molecule has 1 heterocycles. The van der Waals surface area contributed by atoms with E-state index in [1.54, 1.807) is 13.0 Å². The highest BCUT2D eigenvalue weighted by atomic mass is 16.6. The SMILES string of the molecule is C=C1[C@@]2(C)C=C3C(C)[C@]4(C=CC(=O)OC4(C)C)CC[C@]3(C)[C@]1(C(=O)OC)C(=O)[C@@](C)(O)C2=O. The first-order valence-corrected chi connectivity index (χ1v) is 11.3. The zero-order chi connectivity index (χ0) is 25.0. The molecular weight excluding hydrogens is 424 g/mol. The largest absolute Gasteiger partial charge is 0.468 e. The zero-order valence-electron chi connectivity index (χ0n) is 20.3. The van der Waals surface area contributed by atoms with Gasteiger partial charge >= 0.3 is 11.9 Å². The Morgan fingerprint density at radius 3 is 2.27 bits per heavy atom. The third-order valence-corrected chi connectivity index (χ3v) is 9.45. The van der Waals surface area contributed by atoms with Crippen molar-refractivity contribution in [3.8, 4) is 0 Å². The molecule has 0 saturated heterocycles. The number of fused-ring (bicyclic) bond motifs is 4. The molecule has 0 radical (unpaired) electrons. The molecule has 2 fully saturated rings. The molecule has 0 aromatic carbocycles. The van der Waals surface area contributed by atoms with Crippen molar-refractivity contribution in [3.63, 3.8) is 0 Å². The molecule has 7 heteroatoms. The van der Waals surface area contributed by atoms with E-state index in [0.29, 0.717) is 12.8 Å². The number of aliphatic hydroxyl groups is 1. The first kappa shape index (κ1) is 23.6. The number of rotatable bonds is 1. The Balaban J connectivity index is 2.07. The van der Waals surface area contributed by atoms with E-state index in [1.165, 1.54) is 13.2 Å². The highest BCUT2D eigenvalue weighted by Gasteiger charge is 2.78. The van der Waals surface area contributed by atoms with Crippen LogP contribution in [0.25, 0.3) is 0 Å². The Labute approximate surface area is 193 Å². The van der Waals surface area contributed by atoms with Gasteiger partial charge in [-0.2, -0.15) is 0 Å². The van der Waals surface area contributed by atoms with Gasteiger partial charge in [0, 0.05) is 16.9 Å². The van der Waals surface area contributed by atoms with Crippen LogP contribution in [0.4, 0.5) is 0 Å². The summed E-state index contributed by atoms with van der Waals surface area (Å²) in [5, 5.41) is 11.1. The Bertz CT molecular complexity index is 1090. The number of carbonyl (C=O) groups excluding carboxylic acids is 4. The Kier molecular flexibility index (Phi) is 4.52. The van der Waals surface area contributed by atoms with Crippen LogP contribution in [0.5, 0.6) is 0 Å². The van der Waals surface area contributed by atoms with Crippen LogP contribution in [0.15, 0.2) is 36.0 Å². The van der Waals surface area contributed by atoms with Gasteiger partial charge in [-0.3, -0.25) is 14.4 Å². The van der Waals surface area contributed by atoms with E-state index in [4.69, 9.17) is 9.47 Å². The van der Waals surface area contributed by atoms with Crippen molar-refractivity contribution in [3.05, 3.63) is 36.0 Å². The van der Waals surface area contributed by atoms with E-state index in [9.17, 15) is 24.3 Å². The second-order valence-electron chi connectivity index (χ2n) is 11.1. The highest BCUT2D eigenvalue weighted by Crippen LogP contribution is 2.72. The van der Waals surface area contributed by atoms with Crippen LogP contribution < -0.4 is 0 Å². The summed E-state index contributed by atoms with van der Waals surface area (Å²) in [6, 6.07) is 0. The van der Waals surface area contributed by atoms with Crippen LogP contribution in [-0.4, -0.2) is 46.9 Å². The molecule has 6 atom stereocenters. The van der Waals surface area contributed by atoms with Crippen LogP contribution >= 0.6 is 0 Å². The normalized spacial score (nSPS) is 45.9. The van der Waals surface area contributed by atoms with Gasteiger partial charge in [0.25, 0.3) is 0 Å². The van der Waals surface area contributed by atoms with E-state index >= 15 is 0 Å². The highest BCUT2D eigenvalue weighted by molar-refractivity contribution is 6.27. The van der Waals surface area contributed by atoms with Crippen LogP contribution in [0.1, 0.15) is 54.4 Å². The lowest BCUT2D eigenvalue weighted by Gasteiger charge is -2.65. The van der Waals surface area contributed by atoms with Crippen molar-refractivity contribution in [2.45, 2.75) is 65.6 Å². The molecule has 1 aliphatic heterocycles. The van der Waals surface area contributed by atoms with E-state index in [-0.39, 0.29) is 11.5 Å². The summed E-state index contributed by atoms with van der Waals surface area (Å²) in [5.74, 6) is -3.15. The average molecular weight is 457 g/mol. The molecule has 0 aromatic heterocycles. The fourth-order valence-corrected chi connectivity index (χ4v) is 7.39. The number of hydrogen-bond donors (Lipinski definition) is 1. The number of esters is 2. The first-order valence-electron chi connectivity index (χ1n) is 11.3. The number of carbonyl (C=O) groups is 4. The zero-order valence-corrected chi connectivity index (χ0v) is 20.3. The lowest BCUT2D eigenvalue weighted by Crippen LogP contribution is -2.74. The second kappa shape index (κ2) is 6.32.